The van der Waals surface area contributed by atoms with Crippen molar-refractivity contribution in [2.45, 2.75) is 24.8 Å². The highest BCUT2D eigenvalue weighted by atomic mass is 35.5. The van der Waals surface area contributed by atoms with Gasteiger partial charge in [-0.25, -0.2) is 8.42 Å². The molecule has 0 aromatic heterocycles. The highest BCUT2D eigenvalue weighted by Gasteiger charge is 2.28. The number of rotatable bonds is 3. The minimum absolute atomic E-state index is 0.0390. The topological polar surface area (TPSA) is 84.5 Å². The van der Waals surface area contributed by atoms with Crippen LogP contribution in [-0.4, -0.2) is 20.4 Å². The lowest BCUT2D eigenvalue weighted by Crippen LogP contribution is -2.34. The summed E-state index contributed by atoms with van der Waals surface area (Å²) >= 11 is 12.1. The fraction of sp³-hybridized carbons (Fsp3) is 0.188. The van der Waals surface area contributed by atoms with Gasteiger partial charge in [-0.2, -0.15) is 0 Å². The predicted molar refractivity (Wildman–Crippen MR) is 97.2 cm³/mol. The van der Waals surface area contributed by atoms with Gasteiger partial charge in [0.2, 0.25) is 0 Å². The average Bonchev–Trinajstić information content (AvgIpc) is 2.51. The lowest BCUT2D eigenvalue weighted by Gasteiger charge is -2.24. The van der Waals surface area contributed by atoms with Gasteiger partial charge in [-0.05, 0) is 37.6 Å². The Hall–Kier alpha value is -1.96. The van der Waals surface area contributed by atoms with E-state index in [1.807, 2.05) is 6.92 Å². The first-order chi connectivity index (χ1) is 11.7. The van der Waals surface area contributed by atoms with Crippen LogP contribution in [0.25, 0.3) is 0 Å². The molecule has 2 aromatic carbocycles. The molecular formula is C16H14Cl2N2O4S. The van der Waals surface area contributed by atoms with Gasteiger partial charge < -0.3 is 10.1 Å². The number of benzene rings is 2. The van der Waals surface area contributed by atoms with E-state index < -0.39 is 16.1 Å². The molecule has 2 aromatic rings. The fourth-order valence-electron chi connectivity index (χ4n) is 2.28. The Morgan fingerprint density at radius 2 is 1.88 bits per heavy atom. The number of halogens is 2. The Balaban J connectivity index is 1.98. The zero-order chi connectivity index (χ0) is 18.4. The van der Waals surface area contributed by atoms with Gasteiger partial charge in [0.1, 0.15) is 10.6 Å². The summed E-state index contributed by atoms with van der Waals surface area (Å²) in [6.45, 7) is 3.38. The second kappa shape index (κ2) is 6.40. The Labute approximate surface area is 155 Å². The van der Waals surface area contributed by atoms with Crippen LogP contribution >= 0.6 is 23.2 Å². The van der Waals surface area contributed by atoms with Crippen LogP contribution in [0, 0.1) is 6.92 Å². The molecule has 0 fully saturated rings. The van der Waals surface area contributed by atoms with Gasteiger partial charge in [0.15, 0.2) is 6.10 Å². The number of aryl methyl sites for hydroxylation is 1. The predicted octanol–water partition coefficient (Wildman–Crippen LogP) is 3.82. The number of ether oxygens (including phenoxy) is 1. The van der Waals surface area contributed by atoms with Gasteiger partial charge in [-0.3, -0.25) is 9.52 Å². The molecule has 1 heterocycles. The molecule has 25 heavy (non-hydrogen) atoms. The number of hydrogen-bond acceptors (Lipinski definition) is 4. The fourth-order valence-corrected chi connectivity index (χ4v) is 4.05. The van der Waals surface area contributed by atoms with E-state index in [1.165, 1.54) is 18.2 Å². The van der Waals surface area contributed by atoms with Crippen LogP contribution in [0.1, 0.15) is 12.5 Å². The number of nitrogens with one attached hydrogen (secondary N) is 2. The molecule has 1 aliphatic heterocycles. The van der Waals surface area contributed by atoms with Crippen LogP contribution in [-0.2, 0) is 14.8 Å². The van der Waals surface area contributed by atoms with E-state index in [4.69, 9.17) is 27.9 Å². The molecule has 9 heteroatoms. The van der Waals surface area contributed by atoms with Gasteiger partial charge in [-0.1, -0.05) is 29.3 Å². The minimum atomic E-state index is -3.97. The first-order valence-corrected chi connectivity index (χ1v) is 9.51. The van der Waals surface area contributed by atoms with E-state index in [0.29, 0.717) is 16.4 Å². The van der Waals surface area contributed by atoms with Crippen LogP contribution in [0.3, 0.4) is 0 Å². The number of sulfonamides is 1. The minimum Gasteiger partial charge on any atom is -0.479 e. The van der Waals surface area contributed by atoms with E-state index in [2.05, 4.69) is 10.0 Å². The summed E-state index contributed by atoms with van der Waals surface area (Å²) in [5, 5.41) is 3.01. The van der Waals surface area contributed by atoms with E-state index in [1.54, 1.807) is 19.1 Å². The summed E-state index contributed by atoms with van der Waals surface area (Å²) in [5.41, 5.74) is 1.46. The number of hydrogen-bond donors (Lipinski definition) is 2. The Kier molecular flexibility index (Phi) is 4.57. The van der Waals surface area contributed by atoms with E-state index in [-0.39, 0.29) is 21.6 Å². The Morgan fingerprint density at radius 3 is 2.56 bits per heavy atom. The van der Waals surface area contributed by atoms with E-state index in [0.717, 1.165) is 5.56 Å². The Bertz CT molecular complexity index is 976. The largest absolute Gasteiger partial charge is 0.479 e. The molecule has 6 nitrogen and oxygen atoms in total. The molecule has 1 atom stereocenters. The maximum absolute atomic E-state index is 12.7. The quantitative estimate of drug-likeness (QED) is 0.819. The van der Waals surface area contributed by atoms with Crippen molar-refractivity contribution in [1.29, 1.82) is 0 Å². The van der Waals surface area contributed by atoms with Crippen LogP contribution < -0.4 is 14.8 Å². The van der Waals surface area contributed by atoms with Crippen molar-refractivity contribution in [2.75, 3.05) is 10.0 Å². The number of carbonyl (C=O) groups excluding carboxylic acids is 1. The summed E-state index contributed by atoms with van der Waals surface area (Å²) in [6, 6.07) is 7.45. The monoisotopic (exact) mass is 400 g/mol. The normalized spacial score (nSPS) is 16.6. The van der Waals surface area contributed by atoms with Crippen molar-refractivity contribution in [3.8, 4) is 5.75 Å². The summed E-state index contributed by atoms with van der Waals surface area (Å²) in [6.07, 6.45) is -0.729. The SMILES string of the molecule is Cc1ccc(NS(=O)(=O)c2cc3c(cc2Cl)NC(=O)C(C)O3)cc1Cl. The molecule has 1 amide bonds. The second-order valence-electron chi connectivity index (χ2n) is 5.60. The van der Waals surface area contributed by atoms with Crippen molar-refractivity contribution >= 4 is 50.5 Å². The molecule has 1 aliphatic rings. The average molecular weight is 401 g/mol. The third-order valence-electron chi connectivity index (χ3n) is 3.68. The smallest absolute Gasteiger partial charge is 0.265 e. The molecule has 0 radical (unpaired) electrons. The maximum atomic E-state index is 12.7. The summed E-state index contributed by atoms with van der Waals surface area (Å²) in [7, 11) is -3.97. The first-order valence-electron chi connectivity index (χ1n) is 7.27. The molecule has 132 valence electrons. The zero-order valence-electron chi connectivity index (χ0n) is 13.3. The van der Waals surface area contributed by atoms with Gasteiger partial charge in [0.05, 0.1) is 16.4 Å². The van der Waals surface area contributed by atoms with E-state index in [9.17, 15) is 13.2 Å². The van der Waals surface area contributed by atoms with Crippen molar-refractivity contribution in [3.05, 3.63) is 45.9 Å². The second-order valence-corrected chi connectivity index (χ2v) is 8.06. The van der Waals surface area contributed by atoms with Gasteiger partial charge >= 0.3 is 0 Å². The number of anilines is 2. The van der Waals surface area contributed by atoms with Gasteiger partial charge in [-0.15, -0.1) is 0 Å². The Morgan fingerprint density at radius 1 is 1.16 bits per heavy atom. The molecule has 0 saturated carbocycles. The highest BCUT2D eigenvalue weighted by Crippen LogP contribution is 2.37. The molecule has 0 bridgehead atoms. The van der Waals surface area contributed by atoms with Crippen molar-refractivity contribution < 1.29 is 17.9 Å². The molecule has 3 rings (SSSR count). The summed E-state index contributed by atoms with van der Waals surface area (Å²) in [5.74, 6) is -0.0922. The molecule has 0 spiro atoms. The van der Waals surface area contributed by atoms with Crippen molar-refractivity contribution in [1.82, 2.24) is 0 Å². The lowest BCUT2D eigenvalue weighted by molar-refractivity contribution is -0.122. The zero-order valence-corrected chi connectivity index (χ0v) is 15.6. The van der Waals surface area contributed by atoms with Gasteiger partial charge in [0, 0.05) is 11.1 Å². The van der Waals surface area contributed by atoms with Crippen molar-refractivity contribution in [2.24, 2.45) is 0 Å². The third-order valence-corrected chi connectivity index (χ3v) is 5.93. The standard InChI is InChI=1S/C16H14Cl2N2O4S/c1-8-3-4-10(5-11(8)17)20-25(22,23)15-7-14-13(6-12(15)18)19-16(21)9(2)24-14/h3-7,9,20H,1-2H3,(H,19,21). The van der Waals surface area contributed by atoms with Gasteiger partial charge in [0.25, 0.3) is 15.9 Å². The first kappa shape index (κ1) is 17.8. The summed E-state index contributed by atoms with van der Waals surface area (Å²) < 4.78 is 33.2. The highest BCUT2D eigenvalue weighted by molar-refractivity contribution is 7.92. The van der Waals surface area contributed by atoms with Crippen molar-refractivity contribution in [3.63, 3.8) is 0 Å². The third kappa shape index (κ3) is 3.53. The molecule has 2 N–H and O–H groups in total. The van der Waals surface area contributed by atoms with Crippen LogP contribution in [0.4, 0.5) is 11.4 Å². The molecular weight excluding hydrogens is 387 g/mol. The number of fused-ring (bicyclic) bond motifs is 1. The van der Waals surface area contributed by atoms with E-state index >= 15 is 0 Å². The van der Waals surface area contributed by atoms with Crippen LogP contribution in [0.2, 0.25) is 10.0 Å². The van der Waals surface area contributed by atoms with Crippen LogP contribution in [0.15, 0.2) is 35.2 Å². The molecule has 0 saturated heterocycles. The maximum Gasteiger partial charge on any atom is 0.265 e. The molecule has 1 unspecified atom stereocenters. The molecule has 0 aliphatic carbocycles. The lowest BCUT2D eigenvalue weighted by atomic mass is 10.2. The van der Waals surface area contributed by atoms with Crippen LogP contribution in [0.5, 0.6) is 5.75 Å². The number of amides is 1. The number of carbonyl (C=O) groups is 1. The summed E-state index contributed by atoms with van der Waals surface area (Å²) in [4.78, 5) is 11.5.